The monoisotopic (exact) mass is 332 g/mol. The van der Waals surface area contributed by atoms with Crippen molar-refractivity contribution >= 4 is 8.80 Å². The van der Waals surface area contributed by atoms with Crippen LogP contribution in [0.25, 0.3) is 0 Å². The molecule has 0 saturated heterocycles. The average Bonchev–Trinajstić information content (AvgIpc) is 2.29. The van der Waals surface area contributed by atoms with Gasteiger partial charge in [0.05, 0.1) is 0 Å². The first kappa shape index (κ1) is 19.6. The van der Waals surface area contributed by atoms with Crippen molar-refractivity contribution in [3.05, 3.63) is 0 Å². The van der Waals surface area contributed by atoms with Gasteiger partial charge in [0.15, 0.2) is 0 Å². The Kier molecular flexibility index (Phi) is 6.45. The zero-order chi connectivity index (χ0) is 16.2. The molecule has 3 nitrogen and oxygen atoms in total. The third kappa shape index (κ3) is 4.05. The Morgan fingerprint density at radius 3 is 1.45 bits per heavy atom. The van der Waals surface area contributed by atoms with Crippen LogP contribution < -0.4 is 0 Å². The Bertz CT molecular complexity index is 296. The predicted molar refractivity (Wildman–Crippen MR) is 56.6 cm³/mol. The maximum Gasteiger partial charge on any atom is 0.581 e. The molecule has 0 aliphatic heterocycles. The maximum absolute atomic E-state index is 13.8. The van der Waals surface area contributed by atoms with Crippen LogP contribution in [-0.2, 0) is 13.3 Å². The second kappa shape index (κ2) is 6.58. The molecule has 0 saturated carbocycles. The molecule has 0 aromatic carbocycles. The summed E-state index contributed by atoms with van der Waals surface area (Å²) < 4.78 is 103. The van der Waals surface area contributed by atoms with Crippen molar-refractivity contribution in [1.82, 2.24) is 0 Å². The fourth-order valence-corrected chi connectivity index (χ4v) is 3.37. The van der Waals surface area contributed by atoms with Crippen molar-refractivity contribution in [2.75, 3.05) is 21.3 Å². The predicted octanol–water partition coefficient (Wildman–Crippen LogP) is 3.41. The molecule has 0 amide bonds. The first-order chi connectivity index (χ1) is 8.89. The molecule has 11 heteroatoms. The lowest BCUT2D eigenvalue weighted by atomic mass is 10.1. The molecule has 0 atom stereocenters. The van der Waals surface area contributed by atoms with E-state index in [4.69, 9.17) is 0 Å². The van der Waals surface area contributed by atoms with Crippen LogP contribution >= 0.6 is 0 Å². The summed E-state index contributed by atoms with van der Waals surface area (Å²) in [6.07, 6.45) is -9.08. The highest BCUT2D eigenvalue weighted by atomic mass is 28.4. The Labute approximate surface area is 112 Å². The fraction of sp³-hybridized carbons (Fsp3) is 1.00. The number of alkyl halides is 7. The molecule has 0 heterocycles. The summed E-state index contributed by atoms with van der Waals surface area (Å²) in [4.78, 5) is 0. The van der Waals surface area contributed by atoms with Gasteiger partial charge in [-0.15, -0.1) is 0 Å². The van der Waals surface area contributed by atoms with Crippen LogP contribution in [0.4, 0.5) is 30.7 Å². The van der Waals surface area contributed by atoms with Crippen LogP contribution in [0, 0.1) is 0 Å². The van der Waals surface area contributed by atoms with Crippen LogP contribution in [0.2, 0.25) is 0 Å². The molecule has 0 aromatic heterocycles. The van der Waals surface area contributed by atoms with Gasteiger partial charge in [0.2, 0.25) is 0 Å². The van der Waals surface area contributed by atoms with E-state index in [1.165, 1.54) is 0 Å². The maximum atomic E-state index is 13.8. The lowest BCUT2D eigenvalue weighted by Gasteiger charge is -2.36. The summed E-state index contributed by atoms with van der Waals surface area (Å²) >= 11 is 0. The number of hydrogen-bond acceptors (Lipinski definition) is 3. The van der Waals surface area contributed by atoms with Crippen LogP contribution in [0.1, 0.15) is 19.3 Å². The lowest BCUT2D eigenvalue weighted by Crippen LogP contribution is -2.66. The molecule has 0 rings (SSSR count). The minimum Gasteiger partial charge on any atom is -0.373 e. The van der Waals surface area contributed by atoms with E-state index >= 15 is 0 Å². The summed E-state index contributed by atoms with van der Waals surface area (Å²) in [6.45, 7) is 0. The van der Waals surface area contributed by atoms with E-state index in [-0.39, 0.29) is 0 Å². The zero-order valence-corrected chi connectivity index (χ0v) is 12.0. The van der Waals surface area contributed by atoms with E-state index in [1.54, 1.807) is 0 Å². The topological polar surface area (TPSA) is 27.7 Å². The first-order valence-electron chi connectivity index (χ1n) is 5.37. The summed E-state index contributed by atoms with van der Waals surface area (Å²) in [7, 11) is -2.92. The second-order valence-corrected chi connectivity index (χ2v) is 6.88. The smallest absolute Gasteiger partial charge is 0.373 e. The molecule has 0 bridgehead atoms. The van der Waals surface area contributed by atoms with E-state index in [0.29, 0.717) is 21.3 Å². The molecule has 20 heavy (non-hydrogen) atoms. The third-order valence-corrected chi connectivity index (χ3v) is 5.35. The van der Waals surface area contributed by atoms with Crippen molar-refractivity contribution in [3.63, 3.8) is 0 Å². The van der Waals surface area contributed by atoms with E-state index in [1.807, 2.05) is 0 Å². The zero-order valence-electron chi connectivity index (χ0n) is 11.0. The summed E-state index contributed by atoms with van der Waals surface area (Å²) in [5, 5.41) is 0. The van der Waals surface area contributed by atoms with Crippen molar-refractivity contribution in [1.29, 1.82) is 0 Å². The van der Waals surface area contributed by atoms with Gasteiger partial charge >= 0.3 is 26.4 Å². The van der Waals surface area contributed by atoms with Gasteiger partial charge in [-0.3, -0.25) is 0 Å². The van der Waals surface area contributed by atoms with E-state index in [2.05, 4.69) is 13.3 Å². The summed E-state index contributed by atoms with van der Waals surface area (Å²) in [6, 6.07) is 0. The third-order valence-electron chi connectivity index (χ3n) is 2.60. The molecule has 0 aromatic rings. The number of halogens is 7. The largest absolute Gasteiger partial charge is 0.581 e. The molecule has 122 valence electrons. The molecular weight excluding hydrogens is 317 g/mol. The first-order valence-corrected chi connectivity index (χ1v) is 7.09. The van der Waals surface area contributed by atoms with Crippen molar-refractivity contribution in [2.24, 2.45) is 0 Å². The molecule has 0 aliphatic rings. The number of rotatable bonds is 8. The number of hydrogen-bond donors (Lipinski definition) is 0. The van der Waals surface area contributed by atoms with Crippen LogP contribution in [0.5, 0.6) is 0 Å². The fourth-order valence-electron chi connectivity index (χ4n) is 1.53. The van der Waals surface area contributed by atoms with Crippen molar-refractivity contribution < 1.29 is 44.0 Å². The highest BCUT2D eigenvalue weighted by Gasteiger charge is 2.75. The van der Waals surface area contributed by atoms with E-state index in [0.717, 1.165) is 0 Å². The van der Waals surface area contributed by atoms with Crippen LogP contribution in [-0.4, -0.2) is 47.8 Å². The summed E-state index contributed by atoms with van der Waals surface area (Å²) in [5.41, 5.74) is -4.84. The Balaban J connectivity index is 5.05. The second-order valence-electron chi connectivity index (χ2n) is 3.92. The molecule has 0 radical (unpaired) electrons. The standard InChI is InChI=1S/C9H15F7O3Si/c1-17-20(18-2,19-3)9(15,16)7(10,11)5-4-6-8(12,13)14/h4-6H2,1-3H3. The highest BCUT2D eigenvalue weighted by molar-refractivity contribution is 6.63. The van der Waals surface area contributed by atoms with Gasteiger partial charge in [0.1, 0.15) is 0 Å². The molecular formula is C9H15F7O3Si. The Morgan fingerprint density at radius 2 is 1.15 bits per heavy atom. The minimum absolute atomic E-state index is 0.707. The molecule has 0 unspecified atom stereocenters. The highest BCUT2D eigenvalue weighted by Crippen LogP contribution is 2.45. The van der Waals surface area contributed by atoms with E-state index < -0.39 is 45.7 Å². The molecule has 0 fully saturated rings. The van der Waals surface area contributed by atoms with Crippen LogP contribution in [0.3, 0.4) is 0 Å². The average molecular weight is 332 g/mol. The quantitative estimate of drug-likeness (QED) is 0.504. The molecule has 0 aliphatic carbocycles. The van der Waals surface area contributed by atoms with Gasteiger partial charge in [0, 0.05) is 34.2 Å². The van der Waals surface area contributed by atoms with Gasteiger partial charge < -0.3 is 13.3 Å². The van der Waals surface area contributed by atoms with Gasteiger partial charge in [0.25, 0.3) is 0 Å². The van der Waals surface area contributed by atoms with Gasteiger partial charge in [-0.2, -0.15) is 30.7 Å². The van der Waals surface area contributed by atoms with Crippen molar-refractivity contribution in [3.8, 4) is 0 Å². The lowest BCUT2D eigenvalue weighted by molar-refractivity contribution is -0.203. The summed E-state index contributed by atoms with van der Waals surface area (Å²) in [5.74, 6) is -4.74. The molecule has 0 N–H and O–H groups in total. The Morgan fingerprint density at radius 1 is 0.750 bits per heavy atom. The Hall–Kier alpha value is -0.393. The van der Waals surface area contributed by atoms with Gasteiger partial charge in [-0.1, -0.05) is 0 Å². The van der Waals surface area contributed by atoms with Gasteiger partial charge in [-0.25, -0.2) is 0 Å². The SMILES string of the molecule is CO[Si](OC)(OC)C(F)(F)C(F)(F)CCCC(F)(F)F. The molecule has 0 spiro atoms. The van der Waals surface area contributed by atoms with Crippen LogP contribution in [0.15, 0.2) is 0 Å². The van der Waals surface area contributed by atoms with Gasteiger partial charge in [-0.05, 0) is 6.42 Å². The van der Waals surface area contributed by atoms with E-state index in [9.17, 15) is 30.7 Å². The minimum atomic E-state index is -5.04. The normalized spacial score (nSPS) is 14.7. The van der Waals surface area contributed by atoms with Crippen molar-refractivity contribution in [2.45, 2.75) is 36.9 Å².